The van der Waals surface area contributed by atoms with Gasteiger partial charge in [0.15, 0.2) is 0 Å². The van der Waals surface area contributed by atoms with E-state index in [2.05, 4.69) is 62.5 Å². The zero-order valence-corrected chi connectivity index (χ0v) is 25.1. The van der Waals surface area contributed by atoms with Crippen molar-refractivity contribution in [2.45, 2.75) is 45.0 Å². The molecule has 0 saturated carbocycles. The summed E-state index contributed by atoms with van der Waals surface area (Å²) in [6, 6.07) is 24.7. The van der Waals surface area contributed by atoms with E-state index in [1.165, 1.54) is 0 Å². The van der Waals surface area contributed by atoms with E-state index in [9.17, 15) is 9.59 Å². The fourth-order valence-corrected chi connectivity index (χ4v) is 7.19. The molecule has 8 heteroatoms. The molecule has 6 rings (SSSR count). The molecule has 3 heterocycles. The van der Waals surface area contributed by atoms with Crippen LogP contribution in [0.4, 0.5) is 5.82 Å². The van der Waals surface area contributed by atoms with Crippen LogP contribution in [0.1, 0.15) is 45.9 Å². The summed E-state index contributed by atoms with van der Waals surface area (Å²) in [7, 11) is 0. The van der Waals surface area contributed by atoms with E-state index >= 15 is 0 Å². The molecule has 42 heavy (non-hydrogen) atoms. The van der Waals surface area contributed by atoms with Crippen LogP contribution in [0.2, 0.25) is 0 Å². The monoisotopic (exact) mass is 580 g/mol. The molecule has 7 nitrogen and oxygen atoms in total. The number of aryl methyl sites for hydroxylation is 3. The number of benzene rings is 3. The topological polar surface area (TPSA) is 76.5 Å². The second-order valence-electron chi connectivity index (χ2n) is 11.1. The van der Waals surface area contributed by atoms with Crippen molar-refractivity contribution < 1.29 is 14.3 Å². The van der Waals surface area contributed by atoms with Gasteiger partial charge in [0.05, 0.1) is 28.5 Å². The van der Waals surface area contributed by atoms with Crippen LogP contribution in [0.5, 0.6) is 0 Å². The van der Waals surface area contributed by atoms with Crippen molar-refractivity contribution in [2.75, 3.05) is 30.3 Å². The van der Waals surface area contributed by atoms with Crippen LogP contribution in [0.25, 0.3) is 16.9 Å². The summed E-state index contributed by atoms with van der Waals surface area (Å²) in [5, 5.41) is 8.09. The Morgan fingerprint density at radius 3 is 2.55 bits per heavy atom. The lowest BCUT2D eigenvalue weighted by Crippen LogP contribution is -2.44. The standard InChI is InChI=1S/C34H36N4O3S/c1-22-15-16-28(24(3)18-22)38-34-31(32(36-38)25-11-5-4-6-12-25)33(27-14-8-7-10-23(27)2)42-21-30(40)37(34)20-29(39)35-19-26-13-9-17-41-26/h4-8,10-12,14-16,18,26,33H,9,13,17,19-21H2,1-3H3,(H,35,39)/t26-,33-/m1/s1. The van der Waals surface area contributed by atoms with Crippen LogP contribution in [-0.4, -0.2) is 53.1 Å². The molecule has 1 fully saturated rings. The Morgan fingerprint density at radius 2 is 1.81 bits per heavy atom. The van der Waals surface area contributed by atoms with Crippen LogP contribution < -0.4 is 10.2 Å². The Balaban J connectivity index is 1.55. The molecule has 0 bridgehead atoms. The average Bonchev–Trinajstić information content (AvgIpc) is 3.62. The minimum Gasteiger partial charge on any atom is -0.376 e. The number of hydrogen-bond donors (Lipinski definition) is 1. The van der Waals surface area contributed by atoms with Crippen LogP contribution in [0.3, 0.4) is 0 Å². The highest BCUT2D eigenvalue weighted by Crippen LogP contribution is 2.49. The van der Waals surface area contributed by atoms with Gasteiger partial charge in [0.25, 0.3) is 0 Å². The number of thioether (sulfide) groups is 1. The highest BCUT2D eigenvalue weighted by atomic mass is 32.2. The van der Waals surface area contributed by atoms with Gasteiger partial charge in [-0.25, -0.2) is 4.68 Å². The van der Waals surface area contributed by atoms with Gasteiger partial charge in [-0.3, -0.25) is 14.5 Å². The van der Waals surface area contributed by atoms with Crippen molar-refractivity contribution in [3.63, 3.8) is 0 Å². The fourth-order valence-electron chi connectivity index (χ4n) is 5.90. The van der Waals surface area contributed by atoms with Gasteiger partial charge in [-0.15, -0.1) is 11.8 Å². The Morgan fingerprint density at radius 1 is 1.02 bits per heavy atom. The first-order valence-electron chi connectivity index (χ1n) is 14.5. The third-order valence-corrected chi connectivity index (χ3v) is 9.28. The summed E-state index contributed by atoms with van der Waals surface area (Å²) >= 11 is 1.59. The maximum atomic E-state index is 14.0. The highest BCUT2D eigenvalue weighted by Gasteiger charge is 2.38. The van der Waals surface area contributed by atoms with Crippen LogP contribution >= 0.6 is 11.8 Å². The number of anilines is 1. The van der Waals surface area contributed by atoms with Gasteiger partial charge in [0.2, 0.25) is 11.8 Å². The van der Waals surface area contributed by atoms with Crippen molar-refractivity contribution >= 4 is 29.4 Å². The zero-order valence-electron chi connectivity index (χ0n) is 24.3. The summed E-state index contributed by atoms with van der Waals surface area (Å²) in [6.07, 6.45) is 1.96. The van der Waals surface area contributed by atoms with Crippen LogP contribution in [-0.2, 0) is 14.3 Å². The lowest BCUT2D eigenvalue weighted by Gasteiger charge is -2.24. The first-order chi connectivity index (χ1) is 20.4. The predicted molar refractivity (Wildman–Crippen MR) is 168 cm³/mol. The number of aromatic nitrogens is 2. The maximum Gasteiger partial charge on any atom is 0.240 e. The largest absolute Gasteiger partial charge is 0.376 e. The summed E-state index contributed by atoms with van der Waals surface area (Å²) in [5.41, 5.74) is 8.07. The van der Waals surface area contributed by atoms with Gasteiger partial charge >= 0.3 is 0 Å². The van der Waals surface area contributed by atoms with Gasteiger partial charge in [0.1, 0.15) is 12.4 Å². The minimum absolute atomic E-state index is 0.0238. The molecule has 0 aliphatic carbocycles. The van der Waals surface area contributed by atoms with Crippen molar-refractivity contribution in [2.24, 2.45) is 0 Å². The number of nitrogens with one attached hydrogen (secondary N) is 1. The van der Waals surface area contributed by atoms with Gasteiger partial charge < -0.3 is 10.1 Å². The van der Waals surface area contributed by atoms with E-state index in [0.29, 0.717) is 12.4 Å². The number of carbonyl (C=O) groups is 2. The lowest BCUT2D eigenvalue weighted by atomic mass is 9.96. The first kappa shape index (κ1) is 28.2. The molecule has 2 aliphatic heterocycles. The van der Waals surface area contributed by atoms with Crippen molar-refractivity contribution in [1.82, 2.24) is 15.1 Å². The normalized spacial score (nSPS) is 18.5. The Hall–Kier alpha value is -3.88. The van der Waals surface area contributed by atoms with E-state index in [-0.39, 0.29) is 35.5 Å². The quantitative estimate of drug-likeness (QED) is 0.293. The number of nitrogens with zero attached hydrogens (tertiary/aromatic N) is 3. The molecule has 2 amide bonds. The second kappa shape index (κ2) is 12.2. The van der Waals surface area contributed by atoms with Crippen LogP contribution in [0.15, 0.2) is 72.8 Å². The van der Waals surface area contributed by atoms with E-state index in [1.54, 1.807) is 16.7 Å². The van der Waals surface area contributed by atoms with Gasteiger partial charge in [-0.05, 0) is 56.4 Å². The number of ether oxygens (including phenoxy) is 1. The molecule has 1 saturated heterocycles. The zero-order chi connectivity index (χ0) is 29.2. The van der Waals surface area contributed by atoms with Crippen LogP contribution in [0, 0.1) is 20.8 Å². The van der Waals surface area contributed by atoms with Gasteiger partial charge in [0, 0.05) is 24.3 Å². The Bertz CT molecular complexity index is 1610. The Labute approximate surface area is 251 Å². The lowest BCUT2D eigenvalue weighted by molar-refractivity contribution is -0.123. The molecule has 0 unspecified atom stereocenters. The third-order valence-electron chi connectivity index (χ3n) is 8.04. The maximum absolute atomic E-state index is 14.0. The molecule has 1 aromatic heterocycles. The second-order valence-corrected chi connectivity index (χ2v) is 12.2. The summed E-state index contributed by atoms with van der Waals surface area (Å²) in [6.45, 7) is 7.31. The van der Waals surface area contributed by atoms with E-state index in [1.807, 2.05) is 41.1 Å². The number of amides is 2. The molecule has 216 valence electrons. The van der Waals surface area contributed by atoms with Gasteiger partial charge in [-0.2, -0.15) is 5.10 Å². The third kappa shape index (κ3) is 5.61. The SMILES string of the molecule is Cc1ccc(-n2nc(-c3ccccc3)c3c2N(CC(=O)NC[C@H]2CCCO2)C(=O)CS[C@@H]3c2ccccc2C)c(C)c1. The number of rotatable bonds is 7. The first-order valence-corrected chi connectivity index (χ1v) is 15.6. The van der Waals surface area contributed by atoms with E-state index < -0.39 is 0 Å². The molecular formula is C34H36N4O3S. The smallest absolute Gasteiger partial charge is 0.240 e. The molecule has 2 aliphatic rings. The fraction of sp³-hybridized carbons (Fsp3) is 0.324. The van der Waals surface area contributed by atoms with Gasteiger partial charge in [-0.1, -0.05) is 72.3 Å². The highest BCUT2D eigenvalue weighted by molar-refractivity contribution is 8.00. The number of fused-ring (bicyclic) bond motifs is 1. The van der Waals surface area contributed by atoms with E-state index in [4.69, 9.17) is 9.84 Å². The Kier molecular flexibility index (Phi) is 8.18. The molecule has 2 atom stereocenters. The van der Waals surface area contributed by atoms with E-state index in [0.717, 1.165) is 64.2 Å². The number of hydrogen-bond acceptors (Lipinski definition) is 5. The van der Waals surface area contributed by atoms with Crippen molar-refractivity contribution in [3.8, 4) is 16.9 Å². The summed E-state index contributed by atoms with van der Waals surface area (Å²) in [4.78, 5) is 29.0. The molecule has 3 aromatic carbocycles. The molecule has 0 radical (unpaired) electrons. The molecule has 0 spiro atoms. The summed E-state index contributed by atoms with van der Waals surface area (Å²) in [5.74, 6) is 0.568. The summed E-state index contributed by atoms with van der Waals surface area (Å²) < 4.78 is 7.59. The van der Waals surface area contributed by atoms with Crippen molar-refractivity contribution in [3.05, 3.63) is 101 Å². The molecule has 1 N–H and O–H groups in total. The predicted octanol–water partition coefficient (Wildman–Crippen LogP) is 5.93. The average molecular weight is 581 g/mol. The molecular weight excluding hydrogens is 544 g/mol. The molecule has 4 aromatic rings. The van der Waals surface area contributed by atoms with Crippen molar-refractivity contribution in [1.29, 1.82) is 0 Å². The minimum atomic E-state index is -0.209. The number of carbonyl (C=O) groups excluding carboxylic acids is 2.